The highest BCUT2D eigenvalue weighted by Gasteiger charge is 2.38. The summed E-state index contributed by atoms with van der Waals surface area (Å²) in [6.07, 6.45) is 5.56. The van der Waals surface area contributed by atoms with Crippen molar-refractivity contribution >= 4 is 47.0 Å². The fourth-order valence-corrected chi connectivity index (χ4v) is 8.65. The minimum atomic E-state index is -0.510. The van der Waals surface area contributed by atoms with Gasteiger partial charge in [-0.2, -0.15) is 10.5 Å². The number of benzene rings is 5. The zero-order valence-corrected chi connectivity index (χ0v) is 41.0. The lowest BCUT2D eigenvalue weighted by atomic mass is 9.68. The van der Waals surface area contributed by atoms with Crippen LogP contribution in [0.4, 0.5) is 17.1 Å². The standard InChI is InChI=1S/C59H61N3O9/c1-5-58(32-7-33-58)39-68-54(63)28-30-56(65)70-41(3)45-10-14-47(15-11-45)49-18-24-52(25-19-49)62(51-22-8-43(9-23-51)34-44(35-60)36-61)53-26-20-50(21-27-53)48-16-12-46(13-17-48)42(4)71-57(66)31-29-55(64)69-40-59(6-2)37-67-38-59/h8-27,34,41-42H,5-7,28-33,37-40H2,1-4H3. The van der Waals surface area contributed by atoms with Gasteiger partial charge in [0.25, 0.3) is 0 Å². The van der Waals surface area contributed by atoms with Crippen LogP contribution in [0, 0.1) is 33.5 Å². The van der Waals surface area contributed by atoms with Crippen LogP contribution in [0.25, 0.3) is 28.3 Å². The summed E-state index contributed by atoms with van der Waals surface area (Å²) >= 11 is 0. The fraction of sp³-hybridized carbons (Fsp3) is 0.356. The zero-order chi connectivity index (χ0) is 50.4. The molecule has 12 nitrogen and oxygen atoms in total. The Balaban J connectivity index is 0.983. The molecular formula is C59H61N3O9. The smallest absolute Gasteiger partial charge is 0.306 e. The number of esters is 4. The highest BCUT2D eigenvalue weighted by Crippen LogP contribution is 2.44. The van der Waals surface area contributed by atoms with Gasteiger partial charge in [0.05, 0.1) is 50.9 Å². The second-order valence-electron chi connectivity index (χ2n) is 18.7. The van der Waals surface area contributed by atoms with Crippen molar-refractivity contribution in [1.29, 1.82) is 10.5 Å². The Morgan fingerprint density at radius 1 is 0.563 bits per heavy atom. The van der Waals surface area contributed by atoms with E-state index in [0.717, 1.165) is 81.7 Å². The van der Waals surface area contributed by atoms with Crippen molar-refractivity contribution in [2.75, 3.05) is 31.3 Å². The van der Waals surface area contributed by atoms with Gasteiger partial charge in [0.1, 0.15) is 36.5 Å². The van der Waals surface area contributed by atoms with E-state index in [2.05, 4.69) is 11.8 Å². The molecule has 2 atom stereocenters. The number of ether oxygens (including phenoxy) is 5. The van der Waals surface area contributed by atoms with Gasteiger partial charge in [-0.15, -0.1) is 0 Å². The van der Waals surface area contributed by atoms with Crippen LogP contribution in [0.5, 0.6) is 0 Å². The van der Waals surface area contributed by atoms with E-state index in [-0.39, 0.29) is 48.1 Å². The van der Waals surface area contributed by atoms with Gasteiger partial charge in [-0.25, -0.2) is 0 Å². The third kappa shape index (κ3) is 13.4. The molecule has 1 heterocycles. The molecule has 366 valence electrons. The molecule has 1 aliphatic carbocycles. The molecule has 0 aromatic heterocycles. The summed E-state index contributed by atoms with van der Waals surface area (Å²) < 4.78 is 27.5. The highest BCUT2D eigenvalue weighted by molar-refractivity contribution is 5.81. The molecule has 7 rings (SSSR count). The van der Waals surface area contributed by atoms with Crippen LogP contribution >= 0.6 is 0 Å². The summed E-state index contributed by atoms with van der Waals surface area (Å²) in [5.74, 6) is -1.71. The van der Waals surface area contributed by atoms with E-state index in [4.69, 9.17) is 23.7 Å². The number of nitrogens with zero attached hydrogens (tertiary/aromatic N) is 3. The number of carbonyl (C=O) groups excluding carboxylic acids is 4. The molecule has 12 heteroatoms. The van der Waals surface area contributed by atoms with Gasteiger partial charge >= 0.3 is 23.9 Å². The first-order valence-electron chi connectivity index (χ1n) is 24.5. The summed E-state index contributed by atoms with van der Waals surface area (Å²) in [5.41, 5.74) is 8.96. The average Bonchev–Trinajstić information content (AvgIpc) is 3.37. The summed E-state index contributed by atoms with van der Waals surface area (Å²) in [5, 5.41) is 18.6. The van der Waals surface area contributed by atoms with E-state index in [9.17, 15) is 29.7 Å². The van der Waals surface area contributed by atoms with Crippen molar-refractivity contribution in [2.24, 2.45) is 10.8 Å². The topological polar surface area (TPSA) is 165 Å². The maximum Gasteiger partial charge on any atom is 0.306 e. The average molecular weight is 956 g/mol. The Morgan fingerprint density at radius 2 is 0.930 bits per heavy atom. The second-order valence-corrected chi connectivity index (χ2v) is 18.7. The Labute approximate surface area is 416 Å². The Bertz CT molecular complexity index is 2570. The molecule has 1 saturated heterocycles. The first-order chi connectivity index (χ1) is 34.3. The minimum absolute atomic E-state index is 0.00417. The van der Waals surface area contributed by atoms with Crippen LogP contribution in [-0.4, -0.2) is 50.3 Å². The maximum absolute atomic E-state index is 12.6. The molecule has 2 aliphatic rings. The summed E-state index contributed by atoms with van der Waals surface area (Å²) in [6.45, 7) is 9.66. The van der Waals surface area contributed by atoms with Crippen molar-refractivity contribution in [3.63, 3.8) is 0 Å². The van der Waals surface area contributed by atoms with Crippen molar-refractivity contribution in [1.82, 2.24) is 0 Å². The van der Waals surface area contributed by atoms with Gasteiger partial charge in [0.15, 0.2) is 0 Å². The first kappa shape index (κ1) is 51.3. The van der Waals surface area contributed by atoms with Crippen molar-refractivity contribution in [3.05, 3.63) is 144 Å². The number of hydrogen-bond acceptors (Lipinski definition) is 12. The summed E-state index contributed by atoms with van der Waals surface area (Å²) in [4.78, 5) is 52.0. The van der Waals surface area contributed by atoms with E-state index in [0.29, 0.717) is 26.4 Å². The second kappa shape index (κ2) is 23.9. The van der Waals surface area contributed by atoms with Crippen molar-refractivity contribution in [3.8, 4) is 34.4 Å². The third-order valence-electron chi connectivity index (χ3n) is 13.9. The lowest BCUT2D eigenvalue weighted by Gasteiger charge is -2.40. The quantitative estimate of drug-likeness (QED) is 0.0367. The largest absolute Gasteiger partial charge is 0.465 e. The van der Waals surface area contributed by atoms with Crippen LogP contribution in [0.1, 0.15) is 114 Å². The molecule has 0 N–H and O–H groups in total. The first-order valence-corrected chi connectivity index (χ1v) is 24.5. The Kier molecular flexibility index (Phi) is 17.2. The molecule has 0 spiro atoms. The maximum atomic E-state index is 12.6. The Morgan fingerprint density at radius 3 is 1.27 bits per heavy atom. The molecule has 5 aromatic rings. The molecule has 71 heavy (non-hydrogen) atoms. The van der Waals surface area contributed by atoms with E-state index in [1.54, 1.807) is 13.0 Å². The number of hydrogen-bond donors (Lipinski definition) is 0. The molecule has 5 aromatic carbocycles. The normalized spacial score (nSPS) is 14.9. The van der Waals surface area contributed by atoms with Crippen LogP contribution in [-0.2, 0) is 42.9 Å². The van der Waals surface area contributed by atoms with E-state index in [1.807, 2.05) is 147 Å². The molecule has 2 unspecified atom stereocenters. The van der Waals surface area contributed by atoms with E-state index in [1.165, 1.54) is 6.42 Å². The van der Waals surface area contributed by atoms with Crippen LogP contribution < -0.4 is 4.90 Å². The van der Waals surface area contributed by atoms with Crippen molar-refractivity contribution in [2.45, 2.75) is 97.7 Å². The minimum Gasteiger partial charge on any atom is -0.465 e. The number of rotatable bonds is 22. The van der Waals surface area contributed by atoms with Crippen LogP contribution in [0.15, 0.2) is 127 Å². The number of anilines is 3. The number of carbonyl (C=O) groups is 4. The number of allylic oxidation sites excluding steroid dienone is 1. The SMILES string of the molecule is CCC1(COC(=O)CCC(=O)OC(C)c2ccc(-c3ccc(N(c4ccc(C=C(C#N)C#N)cc4)c4ccc(-c5ccc(C(C)OC(=O)CCC(=O)OCC6(CC)COC6)cc5)cc4)cc3)cc2)CCC1. The molecule has 0 bridgehead atoms. The fourth-order valence-electron chi connectivity index (χ4n) is 8.65. The zero-order valence-electron chi connectivity index (χ0n) is 41.0. The molecule has 2 fully saturated rings. The van der Waals surface area contributed by atoms with Gasteiger partial charge in [-0.1, -0.05) is 105 Å². The lowest BCUT2D eigenvalue weighted by Crippen LogP contribution is -2.46. The number of nitriles is 2. The van der Waals surface area contributed by atoms with E-state index >= 15 is 0 Å². The molecule has 1 saturated carbocycles. The van der Waals surface area contributed by atoms with Gasteiger partial charge in [-0.3, -0.25) is 19.2 Å². The van der Waals surface area contributed by atoms with Gasteiger partial charge in [0.2, 0.25) is 0 Å². The highest BCUT2D eigenvalue weighted by atomic mass is 16.6. The van der Waals surface area contributed by atoms with E-state index < -0.39 is 30.1 Å². The predicted octanol–water partition coefficient (Wildman–Crippen LogP) is 12.8. The lowest BCUT2D eigenvalue weighted by molar-refractivity contribution is -0.171. The van der Waals surface area contributed by atoms with Gasteiger partial charge in [-0.05, 0) is 121 Å². The van der Waals surface area contributed by atoms with Crippen LogP contribution in [0.2, 0.25) is 0 Å². The summed E-state index contributed by atoms with van der Waals surface area (Å²) in [7, 11) is 0. The predicted molar refractivity (Wildman–Crippen MR) is 271 cm³/mol. The van der Waals surface area contributed by atoms with Crippen molar-refractivity contribution < 1.29 is 42.9 Å². The monoisotopic (exact) mass is 955 g/mol. The van der Waals surface area contributed by atoms with Gasteiger partial charge in [0, 0.05) is 22.5 Å². The molecule has 0 amide bonds. The molecule has 1 aliphatic heterocycles. The molecular weight excluding hydrogens is 895 g/mol. The third-order valence-corrected chi connectivity index (χ3v) is 13.9. The van der Waals surface area contributed by atoms with Crippen LogP contribution in [0.3, 0.4) is 0 Å². The summed E-state index contributed by atoms with van der Waals surface area (Å²) in [6, 6.07) is 43.5. The molecule has 0 radical (unpaired) electrons. The van der Waals surface area contributed by atoms with Gasteiger partial charge < -0.3 is 28.6 Å². The Hall–Kier alpha value is -7.54.